The predicted molar refractivity (Wildman–Crippen MR) is 100 cm³/mol. The lowest BCUT2D eigenvalue weighted by atomic mass is 9.90. The lowest BCUT2D eigenvalue weighted by molar-refractivity contribution is -0.384. The van der Waals surface area contributed by atoms with Gasteiger partial charge in [-0.25, -0.2) is 19.3 Å². The van der Waals surface area contributed by atoms with Crippen molar-refractivity contribution in [3.63, 3.8) is 0 Å². The van der Waals surface area contributed by atoms with E-state index in [1.807, 2.05) is 10.0 Å². The molecule has 3 aliphatic rings. The van der Waals surface area contributed by atoms with Crippen LogP contribution in [0, 0.1) is 21.8 Å². The van der Waals surface area contributed by atoms with Crippen molar-refractivity contribution in [2.75, 3.05) is 18.0 Å². The van der Waals surface area contributed by atoms with Crippen molar-refractivity contribution < 1.29 is 18.9 Å². The molecule has 148 valence electrons. The molecule has 9 heteroatoms. The number of benzene rings is 2. The highest BCUT2D eigenvalue weighted by molar-refractivity contribution is 6.24. The van der Waals surface area contributed by atoms with Gasteiger partial charge < -0.3 is 0 Å². The van der Waals surface area contributed by atoms with Crippen LogP contribution in [0.5, 0.6) is 0 Å². The van der Waals surface area contributed by atoms with Gasteiger partial charge in [0.1, 0.15) is 11.9 Å². The van der Waals surface area contributed by atoms with Crippen LogP contribution in [0.3, 0.4) is 0 Å². The van der Waals surface area contributed by atoms with Crippen LogP contribution in [0.4, 0.5) is 15.8 Å². The van der Waals surface area contributed by atoms with E-state index in [1.165, 1.54) is 36.4 Å². The summed E-state index contributed by atoms with van der Waals surface area (Å²) in [6.07, 6.45) is 0.875. The summed E-state index contributed by atoms with van der Waals surface area (Å²) in [6, 6.07) is 10.5. The first-order valence-corrected chi connectivity index (χ1v) is 9.38. The SMILES string of the molecule is O=C1[C@@H]2[C@H](C(=O)N1c1ccc([N+](=O)[O-])cc1)N1CCCN1[C@H]2c1ccc(F)cc1. The van der Waals surface area contributed by atoms with E-state index in [0.717, 1.165) is 23.4 Å². The minimum atomic E-state index is -0.616. The summed E-state index contributed by atoms with van der Waals surface area (Å²) in [5.74, 6) is -1.63. The number of nitro groups is 1. The molecule has 3 atom stereocenters. The summed E-state index contributed by atoms with van der Waals surface area (Å²) in [6.45, 7) is 1.40. The summed E-state index contributed by atoms with van der Waals surface area (Å²) >= 11 is 0. The summed E-state index contributed by atoms with van der Waals surface area (Å²) in [5.41, 5.74) is 1.00. The Labute approximate surface area is 165 Å². The molecule has 3 saturated heterocycles. The number of anilines is 1. The fourth-order valence-corrected chi connectivity index (χ4v) is 4.75. The Hall–Kier alpha value is -3.17. The minimum Gasteiger partial charge on any atom is -0.274 e. The zero-order valence-corrected chi connectivity index (χ0v) is 15.3. The molecule has 0 aromatic heterocycles. The molecule has 0 spiro atoms. The zero-order valence-electron chi connectivity index (χ0n) is 15.3. The molecule has 29 heavy (non-hydrogen) atoms. The van der Waals surface area contributed by atoms with Crippen LogP contribution >= 0.6 is 0 Å². The van der Waals surface area contributed by atoms with Gasteiger partial charge in [-0.05, 0) is 36.2 Å². The number of carbonyl (C=O) groups is 2. The van der Waals surface area contributed by atoms with Crippen molar-refractivity contribution >= 4 is 23.2 Å². The number of rotatable bonds is 3. The van der Waals surface area contributed by atoms with E-state index in [0.29, 0.717) is 12.2 Å². The van der Waals surface area contributed by atoms with Gasteiger partial charge in [0.25, 0.3) is 11.6 Å². The van der Waals surface area contributed by atoms with Gasteiger partial charge in [-0.2, -0.15) is 0 Å². The Kier molecular flexibility index (Phi) is 3.97. The highest BCUT2D eigenvalue weighted by Gasteiger charge is 2.62. The minimum absolute atomic E-state index is 0.108. The first-order chi connectivity index (χ1) is 14.0. The molecule has 2 aromatic rings. The monoisotopic (exact) mass is 396 g/mol. The average molecular weight is 396 g/mol. The smallest absolute Gasteiger partial charge is 0.269 e. The fraction of sp³-hybridized carbons (Fsp3) is 0.300. The third-order valence-electron chi connectivity index (χ3n) is 5.94. The molecule has 2 aromatic carbocycles. The van der Waals surface area contributed by atoms with Crippen molar-refractivity contribution in [2.45, 2.75) is 18.5 Å². The van der Waals surface area contributed by atoms with Crippen molar-refractivity contribution in [2.24, 2.45) is 5.92 Å². The maximum absolute atomic E-state index is 13.4. The Balaban J connectivity index is 1.54. The first kappa shape index (κ1) is 17.9. The second-order valence-electron chi connectivity index (χ2n) is 7.43. The number of carbonyl (C=O) groups excluding carboxylic acids is 2. The van der Waals surface area contributed by atoms with Crippen LogP contribution in [0.2, 0.25) is 0 Å². The Morgan fingerprint density at radius 1 is 0.897 bits per heavy atom. The van der Waals surface area contributed by atoms with Gasteiger partial charge in [0, 0.05) is 25.2 Å². The average Bonchev–Trinajstić information content (AvgIpc) is 3.35. The van der Waals surface area contributed by atoms with Crippen molar-refractivity contribution in [3.8, 4) is 0 Å². The molecule has 2 amide bonds. The van der Waals surface area contributed by atoms with Gasteiger partial charge in [0.2, 0.25) is 5.91 Å². The van der Waals surface area contributed by atoms with Gasteiger partial charge >= 0.3 is 0 Å². The van der Waals surface area contributed by atoms with E-state index in [4.69, 9.17) is 0 Å². The molecule has 0 aliphatic carbocycles. The Bertz CT molecular complexity index is 1010. The predicted octanol–water partition coefficient (Wildman–Crippen LogP) is 2.27. The van der Waals surface area contributed by atoms with Crippen molar-refractivity contribution in [1.29, 1.82) is 0 Å². The van der Waals surface area contributed by atoms with Crippen LogP contribution in [0.15, 0.2) is 48.5 Å². The molecule has 0 saturated carbocycles. The second-order valence-corrected chi connectivity index (χ2v) is 7.43. The number of fused-ring (bicyclic) bond motifs is 3. The molecule has 8 nitrogen and oxygen atoms in total. The number of hydrogen-bond acceptors (Lipinski definition) is 6. The number of halogens is 1. The lowest BCUT2D eigenvalue weighted by Gasteiger charge is -2.29. The van der Waals surface area contributed by atoms with E-state index in [-0.39, 0.29) is 29.4 Å². The highest BCUT2D eigenvalue weighted by atomic mass is 19.1. The Morgan fingerprint density at radius 3 is 2.14 bits per heavy atom. The Morgan fingerprint density at radius 2 is 1.52 bits per heavy atom. The van der Waals surface area contributed by atoms with E-state index in [1.54, 1.807) is 12.1 Å². The maximum Gasteiger partial charge on any atom is 0.269 e. The number of hydrogen-bond donors (Lipinski definition) is 0. The van der Waals surface area contributed by atoms with Gasteiger partial charge in [0.15, 0.2) is 0 Å². The highest BCUT2D eigenvalue weighted by Crippen LogP contribution is 2.48. The molecule has 3 aliphatic heterocycles. The van der Waals surface area contributed by atoms with Crippen molar-refractivity contribution in [3.05, 3.63) is 70.0 Å². The molecular formula is C20H17FN4O4. The molecular weight excluding hydrogens is 379 g/mol. The molecule has 0 unspecified atom stereocenters. The van der Waals surface area contributed by atoms with E-state index < -0.39 is 16.9 Å². The summed E-state index contributed by atoms with van der Waals surface area (Å²) in [4.78, 5) is 38.1. The quantitative estimate of drug-likeness (QED) is 0.449. The second kappa shape index (κ2) is 6.43. The standard InChI is InChI=1S/C20H17FN4O4/c21-13-4-2-12(3-5-13)17-16-18(23-11-1-10-22(17)23)20(27)24(19(16)26)14-6-8-15(9-7-14)25(28)29/h2-9,16-18H,1,10-11H2/t16-,17-,18+/m0/s1. The van der Waals surface area contributed by atoms with E-state index in [9.17, 15) is 24.1 Å². The van der Waals surface area contributed by atoms with Crippen LogP contribution in [0.25, 0.3) is 0 Å². The van der Waals surface area contributed by atoms with Crippen LogP contribution in [0.1, 0.15) is 18.0 Å². The van der Waals surface area contributed by atoms with E-state index in [2.05, 4.69) is 0 Å². The van der Waals surface area contributed by atoms with Crippen LogP contribution in [-0.2, 0) is 9.59 Å². The molecule has 0 N–H and O–H groups in total. The maximum atomic E-state index is 13.4. The number of amides is 2. The summed E-state index contributed by atoms with van der Waals surface area (Å²) in [7, 11) is 0. The number of non-ortho nitro benzene ring substituents is 1. The molecule has 3 heterocycles. The van der Waals surface area contributed by atoms with Gasteiger partial charge in [-0.1, -0.05) is 12.1 Å². The van der Waals surface area contributed by atoms with Crippen LogP contribution in [-0.4, -0.2) is 45.9 Å². The lowest BCUT2D eigenvalue weighted by Crippen LogP contribution is -2.44. The molecule has 0 radical (unpaired) electrons. The number of nitrogens with zero attached hydrogens (tertiary/aromatic N) is 4. The largest absolute Gasteiger partial charge is 0.274 e. The van der Waals surface area contributed by atoms with E-state index >= 15 is 0 Å². The number of imide groups is 1. The third kappa shape index (κ3) is 2.58. The number of hydrazine groups is 1. The van der Waals surface area contributed by atoms with Gasteiger partial charge in [-0.3, -0.25) is 19.7 Å². The van der Waals surface area contributed by atoms with Crippen LogP contribution < -0.4 is 4.90 Å². The normalized spacial score (nSPS) is 26.8. The summed E-state index contributed by atoms with van der Waals surface area (Å²) in [5, 5.41) is 14.9. The molecule has 5 rings (SSSR count). The fourth-order valence-electron chi connectivity index (χ4n) is 4.75. The zero-order chi connectivity index (χ0) is 20.3. The number of nitro benzene ring substituents is 1. The first-order valence-electron chi connectivity index (χ1n) is 9.38. The van der Waals surface area contributed by atoms with Gasteiger partial charge in [0.05, 0.1) is 22.6 Å². The topological polar surface area (TPSA) is 87.0 Å². The van der Waals surface area contributed by atoms with Gasteiger partial charge in [-0.15, -0.1) is 0 Å². The summed E-state index contributed by atoms with van der Waals surface area (Å²) < 4.78 is 13.4. The van der Waals surface area contributed by atoms with Crippen molar-refractivity contribution in [1.82, 2.24) is 10.0 Å². The third-order valence-corrected chi connectivity index (χ3v) is 5.94. The molecule has 0 bridgehead atoms. The molecule has 3 fully saturated rings.